The first-order chi connectivity index (χ1) is 10.4. The molecule has 0 bridgehead atoms. The van der Waals surface area contributed by atoms with Crippen molar-refractivity contribution in [2.75, 3.05) is 0 Å². The topological polar surface area (TPSA) is 67.6 Å². The van der Waals surface area contributed by atoms with Crippen LogP contribution in [0.1, 0.15) is 11.5 Å². The van der Waals surface area contributed by atoms with E-state index in [9.17, 15) is 0 Å². The lowest BCUT2D eigenvalue weighted by molar-refractivity contribution is 0.386. The highest BCUT2D eigenvalue weighted by Crippen LogP contribution is 2.21. The molecule has 0 fully saturated rings. The Labute approximate surface area is 120 Å². The average molecular weight is 276 g/mol. The van der Waals surface area contributed by atoms with E-state index in [0.717, 1.165) is 16.6 Å². The summed E-state index contributed by atoms with van der Waals surface area (Å²) in [6.45, 7) is 0. The first-order valence-corrected chi connectivity index (χ1v) is 6.68. The Kier molecular flexibility index (Phi) is 2.74. The molecule has 3 aromatic heterocycles. The van der Waals surface area contributed by atoms with Gasteiger partial charge in [-0.3, -0.25) is 4.98 Å². The first kappa shape index (κ1) is 11.8. The van der Waals surface area contributed by atoms with E-state index in [2.05, 4.69) is 32.2 Å². The van der Waals surface area contributed by atoms with Crippen molar-refractivity contribution in [2.45, 2.75) is 6.42 Å². The van der Waals surface area contributed by atoms with Crippen LogP contribution in [0.3, 0.4) is 0 Å². The molecule has 0 aliphatic carbocycles. The largest absolute Gasteiger partial charge is 0.361 e. The van der Waals surface area contributed by atoms with Crippen molar-refractivity contribution in [2.24, 2.45) is 0 Å². The maximum absolute atomic E-state index is 5.35. The number of pyridine rings is 1. The number of para-hydroxylation sites is 1. The number of aromatic amines is 1. The van der Waals surface area contributed by atoms with Gasteiger partial charge in [0.1, 0.15) is 0 Å². The SMILES string of the molecule is c1ccc2c(Cc3nc(-c4ccncc4)no3)c[nH]c2c1. The Morgan fingerprint density at radius 1 is 1.05 bits per heavy atom. The van der Waals surface area contributed by atoms with Crippen LogP contribution >= 0.6 is 0 Å². The van der Waals surface area contributed by atoms with Crippen molar-refractivity contribution in [1.82, 2.24) is 20.1 Å². The van der Waals surface area contributed by atoms with Gasteiger partial charge in [0.25, 0.3) is 0 Å². The molecule has 0 radical (unpaired) electrons. The minimum absolute atomic E-state index is 0.590. The Balaban J connectivity index is 1.65. The second-order valence-corrected chi connectivity index (χ2v) is 4.78. The fourth-order valence-corrected chi connectivity index (χ4v) is 2.39. The molecule has 0 atom stereocenters. The van der Waals surface area contributed by atoms with Crippen LogP contribution in [0.4, 0.5) is 0 Å². The van der Waals surface area contributed by atoms with E-state index >= 15 is 0 Å². The molecule has 1 aromatic carbocycles. The van der Waals surface area contributed by atoms with Crippen molar-refractivity contribution < 1.29 is 4.52 Å². The number of nitrogens with one attached hydrogen (secondary N) is 1. The zero-order valence-electron chi connectivity index (χ0n) is 11.2. The highest BCUT2D eigenvalue weighted by atomic mass is 16.5. The van der Waals surface area contributed by atoms with Gasteiger partial charge in [-0.1, -0.05) is 23.4 Å². The molecular formula is C16H12N4O. The number of hydrogen-bond donors (Lipinski definition) is 1. The molecule has 3 heterocycles. The molecule has 5 nitrogen and oxygen atoms in total. The summed E-state index contributed by atoms with van der Waals surface area (Å²) in [5, 5.41) is 5.20. The highest BCUT2D eigenvalue weighted by molar-refractivity contribution is 5.83. The van der Waals surface area contributed by atoms with E-state index in [1.165, 1.54) is 5.39 Å². The van der Waals surface area contributed by atoms with Crippen LogP contribution in [0.2, 0.25) is 0 Å². The molecule has 102 valence electrons. The summed E-state index contributed by atoms with van der Waals surface area (Å²) in [6.07, 6.45) is 6.03. The number of benzene rings is 1. The minimum atomic E-state index is 0.590. The number of rotatable bonds is 3. The lowest BCUT2D eigenvalue weighted by Crippen LogP contribution is -1.87. The Hall–Kier alpha value is -2.95. The molecule has 0 aliphatic rings. The zero-order valence-corrected chi connectivity index (χ0v) is 11.2. The molecule has 0 amide bonds. The van der Waals surface area contributed by atoms with Crippen LogP contribution < -0.4 is 0 Å². The van der Waals surface area contributed by atoms with Gasteiger partial charge in [0.15, 0.2) is 0 Å². The molecule has 0 saturated heterocycles. The lowest BCUT2D eigenvalue weighted by atomic mass is 10.1. The number of hydrogen-bond acceptors (Lipinski definition) is 4. The van der Waals surface area contributed by atoms with Gasteiger partial charge in [0.2, 0.25) is 11.7 Å². The highest BCUT2D eigenvalue weighted by Gasteiger charge is 2.11. The second-order valence-electron chi connectivity index (χ2n) is 4.78. The van der Waals surface area contributed by atoms with Gasteiger partial charge in [-0.2, -0.15) is 4.98 Å². The van der Waals surface area contributed by atoms with Crippen LogP contribution in [0.25, 0.3) is 22.3 Å². The second kappa shape index (κ2) is 4.86. The fourth-order valence-electron chi connectivity index (χ4n) is 2.39. The number of nitrogens with zero attached hydrogens (tertiary/aromatic N) is 3. The molecule has 4 rings (SSSR count). The Morgan fingerprint density at radius 2 is 1.90 bits per heavy atom. The summed E-state index contributed by atoms with van der Waals surface area (Å²) in [5.41, 5.74) is 3.16. The van der Waals surface area contributed by atoms with E-state index < -0.39 is 0 Å². The number of H-pyrrole nitrogens is 1. The van der Waals surface area contributed by atoms with Crippen LogP contribution in [0, 0.1) is 0 Å². The van der Waals surface area contributed by atoms with E-state index in [1.807, 2.05) is 30.5 Å². The summed E-state index contributed by atoms with van der Waals surface area (Å²) in [5.74, 6) is 1.19. The van der Waals surface area contributed by atoms with E-state index in [-0.39, 0.29) is 0 Å². The minimum Gasteiger partial charge on any atom is -0.361 e. The quantitative estimate of drug-likeness (QED) is 0.624. The third-order valence-electron chi connectivity index (χ3n) is 3.42. The predicted molar refractivity (Wildman–Crippen MR) is 78.6 cm³/mol. The fraction of sp³-hybridized carbons (Fsp3) is 0.0625. The number of aromatic nitrogens is 4. The van der Waals surface area contributed by atoms with Crippen LogP contribution in [0.5, 0.6) is 0 Å². The third kappa shape index (κ3) is 2.18. The van der Waals surface area contributed by atoms with Crippen molar-refractivity contribution in [3.63, 3.8) is 0 Å². The van der Waals surface area contributed by atoms with Gasteiger partial charge in [0.05, 0.1) is 6.42 Å². The van der Waals surface area contributed by atoms with Gasteiger partial charge in [-0.25, -0.2) is 0 Å². The van der Waals surface area contributed by atoms with E-state index in [1.54, 1.807) is 12.4 Å². The monoisotopic (exact) mass is 276 g/mol. The maximum Gasteiger partial charge on any atom is 0.231 e. The summed E-state index contributed by atoms with van der Waals surface area (Å²) in [4.78, 5) is 11.7. The first-order valence-electron chi connectivity index (χ1n) is 6.68. The van der Waals surface area contributed by atoms with Gasteiger partial charge in [0, 0.05) is 35.1 Å². The van der Waals surface area contributed by atoms with Crippen LogP contribution in [-0.2, 0) is 6.42 Å². The predicted octanol–water partition coefficient (Wildman–Crippen LogP) is 3.20. The Morgan fingerprint density at radius 3 is 2.81 bits per heavy atom. The van der Waals surface area contributed by atoms with Gasteiger partial charge in [-0.15, -0.1) is 0 Å². The lowest BCUT2D eigenvalue weighted by Gasteiger charge is -1.94. The van der Waals surface area contributed by atoms with Gasteiger partial charge < -0.3 is 9.51 Å². The van der Waals surface area contributed by atoms with Crippen molar-refractivity contribution >= 4 is 10.9 Å². The van der Waals surface area contributed by atoms with Gasteiger partial charge >= 0.3 is 0 Å². The zero-order chi connectivity index (χ0) is 14.1. The molecule has 0 spiro atoms. The Bertz CT molecular complexity index is 879. The summed E-state index contributed by atoms with van der Waals surface area (Å²) in [6, 6.07) is 11.9. The molecule has 0 saturated carbocycles. The summed E-state index contributed by atoms with van der Waals surface area (Å²) >= 11 is 0. The number of fused-ring (bicyclic) bond motifs is 1. The van der Waals surface area contributed by atoms with Crippen LogP contribution in [-0.4, -0.2) is 20.1 Å². The average Bonchev–Trinajstić information content (AvgIpc) is 3.17. The molecular weight excluding hydrogens is 264 g/mol. The van der Waals surface area contributed by atoms with Gasteiger partial charge in [-0.05, 0) is 23.8 Å². The van der Waals surface area contributed by atoms with Crippen LogP contribution in [0.15, 0.2) is 59.5 Å². The summed E-state index contributed by atoms with van der Waals surface area (Å²) in [7, 11) is 0. The molecule has 0 aliphatic heterocycles. The van der Waals surface area contributed by atoms with Crippen molar-refractivity contribution in [3.05, 3.63) is 66.4 Å². The third-order valence-corrected chi connectivity index (χ3v) is 3.42. The maximum atomic E-state index is 5.35. The van der Waals surface area contributed by atoms with Crippen molar-refractivity contribution in [1.29, 1.82) is 0 Å². The molecule has 0 unspecified atom stereocenters. The molecule has 5 heteroatoms. The van der Waals surface area contributed by atoms with Crippen molar-refractivity contribution in [3.8, 4) is 11.4 Å². The van der Waals surface area contributed by atoms with E-state index in [4.69, 9.17) is 4.52 Å². The standard InChI is InChI=1S/C16H12N4O/c1-2-4-14-13(3-1)12(10-18-14)9-15-19-16(20-21-15)11-5-7-17-8-6-11/h1-8,10,18H,9H2. The molecule has 4 aromatic rings. The normalized spacial score (nSPS) is 11.0. The summed E-state index contributed by atoms with van der Waals surface area (Å²) < 4.78 is 5.35. The van der Waals surface area contributed by atoms with E-state index in [0.29, 0.717) is 18.1 Å². The smallest absolute Gasteiger partial charge is 0.231 e. The molecule has 21 heavy (non-hydrogen) atoms. The molecule has 1 N–H and O–H groups in total.